The summed E-state index contributed by atoms with van der Waals surface area (Å²) in [6, 6.07) is 0. The summed E-state index contributed by atoms with van der Waals surface area (Å²) in [5, 5.41) is 0. The lowest BCUT2D eigenvalue weighted by Gasteiger charge is -2.32. The standard InChI is InChI=1S/C26H46O4/c1-5-9-11-13-14-15-16-17-19-21-23-26(29-24(27)7-3,30-25(28)8-4)22-20-18-12-10-6-2/h7-8H,3-6,9-23H2,1-2H3. The van der Waals surface area contributed by atoms with Gasteiger partial charge in [-0.15, -0.1) is 0 Å². The molecule has 0 aliphatic rings. The van der Waals surface area contributed by atoms with Crippen LogP contribution in [0, 0.1) is 0 Å². The Morgan fingerprint density at radius 3 is 1.20 bits per heavy atom. The molecule has 0 bridgehead atoms. The van der Waals surface area contributed by atoms with Crippen LogP contribution in [-0.2, 0) is 19.1 Å². The number of carbonyl (C=O) groups is 2. The molecule has 0 amide bonds. The van der Waals surface area contributed by atoms with Gasteiger partial charge in [0.15, 0.2) is 0 Å². The summed E-state index contributed by atoms with van der Waals surface area (Å²) in [4.78, 5) is 23.9. The number of carbonyl (C=O) groups excluding carboxylic acids is 2. The molecule has 0 aromatic rings. The molecule has 0 N–H and O–H groups in total. The molecule has 0 saturated carbocycles. The van der Waals surface area contributed by atoms with Crippen molar-refractivity contribution in [2.24, 2.45) is 0 Å². The van der Waals surface area contributed by atoms with Crippen LogP contribution >= 0.6 is 0 Å². The van der Waals surface area contributed by atoms with E-state index in [9.17, 15) is 9.59 Å². The first kappa shape index (κ1) is 28.4. The summed E-state index contributed by atoms with van der Waals surface area (Å²) in [5.41, 5.74) is 0. The molecule has 30 heavy (non-hydrogen) atoms. The predicted molar refractivity (Wildman–Crippen MR) is 125 cm³/mol. The highest BCUT2D eigenvalue weighted by Crippen LogP contribution is 2.30. The normalized spacial score (nSPS) is 11.1. The zero-order chi connectivity index (χ0) is 22.5. The van der Waals surface area contributed by atoms with Gasteiger partial charge in [0, 0.05) is 25.0 Å². The number of esters is 2. The molecule has 0 spiro atoms. The van der Waals surface area contributed by atoms with Gasteiger partial charge < -0.3 is 9.47 Å². The van der Waals surface area contributed by atoms with Crippen LogP contribution in [0.2, 0.25) is 0 Å². The lowest BCUT2D eigenvalue weighted by molar-refractivity contribution is -0.228. The molecule has 0 aliphatic carbocycles. The molecule has 0 aromatic carbocycles. The third-order valence-electron chi connectivity index (χ3n) is 5.48. The van der Waals surface area contributed by atoms with Crippen LogP contribution in [-0.4, -0.2) is 17.7 Å². The van der Waals surface area contributed by atoms with Gasteiger partial charge in [0.25, 0.3) is 5.79 Å². The predicted octanol–water partition coefficient (Wildman–Crippen LogP) is 7.81. The zero-order valence-corrected chi connectivity index (χ0v) is 19.7. The number of hydrogen-bond donors (Lipinski definition) is 0. The second kappa shape index (κ2) is 19.4. The number of ether oxygens (including phenoxy) is 2. The van der Waals surface area contributed by atoms with E-state index in [2.05, 4.69) is 27.0 Å². The van der Waals surface area contributed by atoms with Crippen LogP contribution in [0.1, 0.15) is 123 Å². The Morgan fingerprint density at radius 2 is 0.900 bits per heavy atom. The first-order valence-corrected chi connectivity index (χ1v) is 12.2. The molecule has 174 valence electrons. The average Bonchev–Trinajstić information content (AvgIpc) is 2.74. The second-order valence-corrected chi connectivity index (χ2v) is 8.26. The average molecular weight is 423 g/mol. The van der Waals surface area contributed by atoms with E-state index in [1.807, 2.05) is 0 Å². The fourth-order valence-corrected chi connectivity index (χ4v) is 3.68. The summed E-state index contributed by atoms with van der Waals surface area (Å²) < 4.78 is 11.2. The highest BCUT2D eigenvalue weighted by atomic mass is 16.7. The molecular weight excluding hydrogens is 376 g/mol. The van der Waals surface area contributed by atoms with Crippen LogP contribution in [0.15, 0.2) is 25.3 Å². The quantitative estimate of drug-likeness (QED) is 0.0819. The van der Waals surface area contributed by atoms with Crippen molar-refractivity contribution in [3.63, 3.8) is 0 Å². The minimum atomic E-state index is -1.21. The summed E-state index contributed by atoms with van der Waals surface area (Å²) in [6.07, 6.45) is 20.9. The van der Waals surface area contributed by atoms with E-state index < -0.39 is 17.7 Å². The highest BCUT2D eigenvalue weighted by molar-refractivity contribution is 5.83. The maximum absolute atomic E-state index is 12.0. The van der Waals surface area contributed by atoms with Crippen molar-refractivity contribution in [1.82, 2.24) is 0 Å². The smallest absolute Gasteiger partial charge is 0.333 e. The first-order chi connectivity index (χ1) is 14.5. The van der Waals surface area contributed by atoms with Crippen molar-refractivity contribution >= 4 is 11.9 Å². The van der Waals surface area contributed by atoms with Crippen molar-refractivity contribution in [1.29, 1.82) is 0 Å². The fraction of sp³-hybridized carbons (Fsp3) is 0.769. The zero-order valence-electron chi connectivity index (χ0n) is 19.7. The fourth-order valence-electron chi connectivity index (χ4n) is 3.68. The number of hydrogen-bond acceptors (Lipinski definition) is 4. The summed E-state index contributed by atoms with van der Waals surface area (Å²) >= 11 is 0. The van der Waals surface area contributed by atoms with Gasteiger partial charge in [0.1, 0.15) is 0 Å². The van der Waals surface area contributed by atoms with E-state index >= 15 is 0 Å². The van der Waals surface area contributed by atoms with Crippen LogP contribution in [0.5, 0.6) is 0 Å². The molecule has 0 fully saturated rings. The van der Waals surface area contributed by atoms with Crippen LogP contribution in [0.3, 0.4) is 0 Å². The summed E-state index contributed by atoms with van der Waals surface area (Å²) in [6.45, 7) is 11.4. The third kappa shape index (κ3) is 15.3. The highest BCUT2D eigenvalue weighted by Gasteiger charge is 2.36. The molecule has 0 heterocycles. The molecule has 0 saturated heterocycles. The first-order valence-electron chi connectivity index (χ1n) is 12.2. The van der Waals surface area contributed by atoms with Gasteiger partial charge in [-0.3, -0.25) is 0 Å². The van der Waals surface area contributed by atoms with Crippen molar-refractivity contribution in [3.8, 4) is 0 Å². The molecule has 0 atom stereocenters. The number of rotatable bonds is 21. The largest absolute Gasteiger partial charge is 0.419 e. The molecule has 0 rings (SSSR count). The van der Waals surface area contributed by atoms with Gasteiger partial charge in [0.2, 0.25) is 0 Å². The van der Waals surface area contributed by atoms with E-state index in [4.69, 9.17) is 9.47 Å². The van der Waals surface area contributed by atoms with E-state index in [0.29, 0.717) is 12.8 Å². The van der Waals surface area contributed by atoms with Crippen molar-refractivity contribution in [3.05, 3.63) is 25.3 Å². The van der Waals surface area contributed by atoms with Gasteiger partial charge in [-0.2, -0.15) is 0 Å². The Morgan fingerprint density at radius 1 is 0.600 bits per heavy atom. The van der Waals surface area contributed by atoms with Gasteiger partial charge in [-0.05, 0) is 12.8 Å². The summed E-state index contributed by atoms with van der Waals surface area (Å²) in [7, 11) is 0. The van der Waals surface area contributed by atoms with Gasteiger partial charge >= 0.3 is 11.9 Å². The van der Waals surface area contributed by atoms with Gasteiger partial charge in [-0.1, -0.05) is 110 Å². The Hall–Kier alpha value is -1.58. The molecular formula is C26H46O4. The third-order valence-corrected chi connectivity index (χ3v) is 5.48. The van der Waals surface area contributed by atoms with Crippen molar-refractivity contribution < 1.29 is 19.1 Å². The Bertz CT molecular complexity index is 448. The van der Waals surface area contributed by atoms with E-state index in [1.54, 1.807) is 0 Å². The monoisotopic (exact) mass is 422 g/mol. The van der Waals surface area contributed by atoms with Crippen LogP contribution in [0.4, 0.5) is 0 Å². The molecule has 0 aromatic heterocycles. The van der Waals surface area contributed by atoms with Crippen LogP contribution in [0.25, 0.3) is 0 Å². The lowest BCUT2D eigenvalue weighted by Crippen LogP contribution is -2.39. The topological polar surface area (TPSA) is 52.6 Å². The molecule has 0 aliphatic heterocycles. The van der Waals surface area contributed by atoms with Gasteiger partial charge in [-0.25, -0.2) is 9.59 Å². The second-order valence-electron chi connectivity index (χ2n) is 8.26. The number of unbranched alkanes of at least 4 members (excludes halogenated alkanes) is 13. The maximum Gasteiger partial charge on any atom is 0.333 e. The van der Waals surface area contributed by atoms with Crippen molar-refractivity contribution in [2.75, 3.05) is 0 Å². The molecule has 0 radical (unpaired) electrons. The van der Waals surface area contributed by atoms with E-state index in [-0.39, 0.29) is 0 Å². The maximum atomic E-state index is 12.0. The minimum absolute atomic E-state index is 0.521. The molecule has 4 heteroatoms. The molecule has 0 unspecified atom stereocenters. The molecule has 4 nitrogen and oxygen atoms in total. The van der Waals surface area contributed by atoms with E-state index in [1.165, 1.54) is 57.8 Å². The Kier molecular flexibility index (Phi) is 18.4. The van der Waals surface area contributed by atoms with Crippen molar-refractivity contribution in [2.45, 2.75) is 129 Å². The minimum Gasteiger partial charge on any atom is -0.419 e. The SMILES string of the molecule is C=CC(=O)OC(CCCCCCC)(CCCCCCCCCCCC)OC(=O)C=C. The Balaban J connectivity index is 4.58. The Labute approximate surface area is 185 Å². The van der Waals surface area contributed by atoms with E-state index in [0.717, 1.165) is 50.7 Å². The van der Waals surface area contributed by atoms with Gasteiger partial charge in [0.05, 0.1) is 0 Å². The lowest BCUT2D eigenvalue weighted by atomic mass is 9.98. The summed E-state index contributed by atoms with van der Waals surface area (Å²) in [5.74, 6) is -2.30. The van der Waals surface area contributed by atoms with Crippen LogP contribution < -0.4 is 0 Å².